The normalized spacial score (nSPS) is 27.4. The van der Waals surface area contributed by atoms with Crippen molar-refractivity contribution in [2.24, 2.45) is 17.8 Å². The fraction of sp³-hybridized carbons (Fsp3) is 0.395. The fourth-order valence-corrected chi connectivity index (χ4v) is 11.6. The molecule has 3 aliphatic rings. The number of likely N-dealkylation sites (tertiary alicyclic amines) is 1. The Balaban J connectivity index is 1.48. The number of carbonyl (C=O) groups excluding carboxylic acids is 3. The molecule has 3 saturated heterocycles. The van der Waals surface area contributed by atoms with E-state index in [1.165, 1.54) is 0 Å². The molecule has 1 N–H and O–H groups in total. The topological polar surface area (TPSA) is 81.2 Å². The maximum Gasteiger partial charge on any atom is 0.251 e. The number of para-hydroxylation sites is 1. The summed E-state index contributed by atoms with van der Waals surface area (Å²) in [6.07, 6.45) is 4.67. The summed E-state index contributed by atoms with van der Waals surface area (Å²) < 4.78 is -0.860. The Morgan fingerprint density at radius 3 is 2.28 bits per heavy atom. The highest BCUT2D eigenvalue weighted by Gasteiger charge is 2.76. The van der Waals surface area contributed by atoms with Crippen molar-refractivity contribution in [3.8, 4) is 0 Å². The SMILES string of the molecule is C=CCN(C(=O)C1N([C@@H](CO)[C@@H](C)CC)C(=O)[C@@H]2[C@H](C(=O)N(CC=C)c3ccccc3)[C@H]3SC12CC3Br)c1ccc2ccccc2c1. The summed E-state index contributed by atoms with van der Waals surface area (Å²) in [4.78, 5) is 49.8. The number of hydrogen-bond donors (Lipinski definition) is 1. The Labute approximate surface area is 289 Å². The van der Waals surface area contributed by atoms with Crippen LogP contribution in [0.15, 0.2) is 98.1 Å². The van der Waals surface area contributed by atoms with E-state index in [-0.39, 0.29) is 46.9 Å². The monoisotopic (exact) mass is 715 g/mol. The lowest BCUT2D eigenvalue weighted by Gasteiger charge is -2.41. The molecule has 6 rings (SSSR count). The van der Waals surface area contributed by atoms with Gasteiger partial charge in [-0.05, 0) is 47.4 Å². The number of aliphatic hydroxyl groups excluding tert-OH is 1. The Kier molecular flexibility index (Phi) is 9.70. The lowest BCUT2D eigenvalue weighted by molar-refractivity contribution is -0.143. The van der Waals surface area contributed by atoms with Crippen molar-refractivity contribution in [3.63, 3.8) is 0 Å². The first kappa shape index (κ1) is 33.5. The Morgan fingerprint density at radius 2 is 1.64 bits per heavy atom. The molecule has 0 aliphatic carbocycles. The number of nitrogens with zero attached hydrogens (tertiary/aromatic N) is 3. The molecule has 3 unspecified atom stereocenters. The lowest BCUT2D eigenvalue weighted by Crippen LogP contribution is -2.59. The van der Waals surface area contributed by atoms with E-state index in [1.807, 2.05) is 86.6 Å². The van der Waals surface area contributed by atoms with E-state index in [0.717, 1.165) is 22.9 Å². The van der Waals surface area contributed by atoms with Gasteiger partial charge in [0.1, 0.15) is 6.04 Å². The summed E-state index contributed by atoms with van der Waals surface area (Å²) in [7, 11) is 0. The smallest absolute Gasteiger partial charge is 0.251 e. The Hall–Kier alpha value is -3.40. The second-order valence-corrected chi connectivity index (χ2v) is 15.6. The molecular formula is C38H42BrN3O4S. The summed E-state index contributed by atoms with van der Waals surface area (Å²) >= 11 is 5.51. The van der Waals surface area contributed by atoms with Gasteiger partial charge in [-0.1, -0.05) is 96.9 Å². The van der Waals surface area contributed by atoms with Crippen molar-refractivity contribution in [3.05, 3.63) is 98.1 Å². The summed E-state index contributed by atoms with van der Waals surface area (Å²) in [6.45, 7) is 12.2. The van der Waals surface area contributed by atoms with Crippen LogP contribution in [0.1, 0.15) is 26.7 Å². The molecule has 3 aromatic carbocycles. The molecule has 246 valence electrons. The number of anilines is 2. The van der Waals surface area contributed by atoms with Gasteiger partial charge in [-0.15, -0.1) is 24.9 Å². The van der Waals surface area contributed by atoms with Crippen LogP contribution >= 0.6 is 27.7 Å². The molecule has 3 fully saturated rings. The highest BCUT2D eigenvalue weighted by Crippen LogP contribution is 2.68. The summed E-state index contributed by atoms with van der Waals surface area (Å²) in [5, 5.41) is 12.7. The van der Waals surface area contributed by atoms with Crippen LogP contribution in [0.5, 0.6) is 0 Å². The molecule has 1 spiro atoms. The zero-order valence-electron chi connectivity index (χ0n) is 26.9. The number of halogens is 1. The summed E-state index contributed by atoms with van der Waals surface area (Å²) in [6, 6.07) is 21.9. The maximum absolute atomic E-state index is 15.2. The van der Waals surface area contributed by atoms with Gasteiger partial charge in [-0.25, -0.2) is 0 Å². The quantitative estimate of drug-likeness (QED) is 0.172. The average Bonchev–Trinajstić information content (AvgIpc) is 3.69. The van der Waals surface area contributed by atoms with Crippen LogP contribution in [0.2, 0.25) is 0 Å². The highest BCUT2D eigenvalue weighted by atomic mass is 79.9. The van der Waals surface area contributed by atoms with Crippen molar-refractivity contribution in [1.82, 2.24) is 4.90 Å². The molecule has 2 bridgehead atoms. The number of hydrogen-bond acceptors (Lipinski definition) is 5. The molecule has 8 atom stereocenters. The van der Waals surface area contributed by atoms with E-state index >= 15 is 4.79 Å². The van der Waals surface area contributed by atoms with Crippen LogP contribution in [-0.2, 0) is 14.4 Å². The van der Waals surface area contributed by atoms with E-state index in [0.29, 0.717) is 18.7 Å². The van der Waals surface area contributed by atoms with Gasteiger partial charge >= 0.3 is 0 Å². The number of rotatable bonds is 12. The van der Waals surface area contributed by atoms with Crippen LogP contribution in [-0.4, -0.2) is 74.3 Å². The first-order chi connectivity index (χ1) is 22.7. The standard InChI is InChI=1S/C38H42BrN3O4S/c1-5-19-40(27-15-9-8-10-16-27)35(44)31-32-36(45)42(30(23-43)24(4)7-3)34(38(32)22-29(39)33(31)47-38)37(46)41(20-6-2)28-18-17-25-13-11-12-14-26(25)21-28/h5-6,8-18,21,24,29-34,43H,1-2,7,19-20,22-23H2,3-4H3/t24-,29?,30-,31-,32-,33-,34?,38?/m0/s1. The molecular weight excluding hydrogens is 674 g/mol. The van der Waals surface area contributed by atoms with Gasteiger partial charge < -0.3 is 19.8 Å². The highest BCUT2D eigenvalue weighted by molar-refractivity contribution is 9.09. The third kappa shape index (κ3) is 5.54. The lowest BCUT2D eigenvalue weighted by atomic mass is 9.70. The van der Waals surface area contributed by atoms with E-state index in [1.54, 1.807) is 38.6 Å². The van der Waals surface area contributed by atoms with Crippen molar-refractivity contribution < 1.29 is 19.5 Å². The van der Waals surface area contributed by atoms with E-state index in [4.69, 9.17) is 0 Å². The summed E-state index contributed by atoms with van der Waals surface area (Å²) in [5.41, 5.74) is 1.45. The van der Waals surface area contributed by atoms with E-state index in [9.17, 15) is 14.7 Å². The zero-order valence-corrected chi connectivity index (χ0v) is 29.3. The van der Waals surface area contributed by atoms with Gasteiger partial charge in [0.05, 0.1) is 29.2 Å². The van der Waals surface area contributed by atoms with Gasteiger partial charge in [-0.2, -0.15) is 0 Å². The molecule has 0 radical (unpaired) electrons. The second-order valence-electron chi connectivity index (χ2n) is 12.9. The third-order valence-corrected chi connectivity index (χ3v) is 13.6. The van der Waals surface area contributed by atoms with Crippen molar-refractivity contribution in [2.75, 3.05) is 29.5 Å². The van der Waals surface area contributed by atoms with Crippen LogP contribution in [0.3, 0.4) is 0 Å². The van der Waals surface area contributed by atoms with Crippen molar-refractivity contribution in [2.45, 2.75) is 53.6 Å². The van der Waals surface area contributed by atoms with Gasteiger partial charge in [0, 0.05) is 34.5 Å². The fourth-order valence-electron chi connectivity index (χ4n) is 7.98. The molecule has 47 heavy (non-hydrogen) atoms. The molecule has 3 aliphatic heterocycles. The largest absolute Gasteiger partial charge is 0.394 e. The number of alkyl halides is 1. The second kappa shape index (κ2) is 13.6. The van der Waals surface area contributed by atoms with E-state index in [2.05, 4.69) is 29.1 Å². The average molecular weight is 717 g/mol. The molecule has 0 saturated carbocycles. The molecule has 3 amide bonds. The molecule has 3 aromatic rings. The third-order valence-electron chi connectivity index (χ3n) is 10.4. The predicted molar refractivity (Wildman–Crippen MR) is 195 cm³/mol. The first-order valence-electron chi connectivity index (χ1n) is 16.4. The van der Waals surface area contributed by atoms with Gasteiger partial charge in [0.25, 0.3) is 5.91 Å². The van der Waals surface area contributed by atoms with Crippen LogP contribution < -0.4 is 9.80 Å². The first-order valence-corrected chi connectivity index (χ1v) is 18.1. The number of fused-ring (bicyclic) bond motifs is 2. The minimum absolute atomic E-state index is 0.0688. The number of thioether (sulfide) groups is 1. The van der Waals surface area contributed by atoms with Gasteiger partial charge in [0.2, 0.25) is 11.8 Å². The van der Waals surface area contributed by atoms with Crippen LogP contribution in [0, 0.1) is 17.8 Å². The van der Waals surface area contributed by atoms with Gasteiger partial charge in [0.15, 0.2) is 0 Å². The number of aliphatic hydroxyl groups is 1. The van der Waals surface area contributed by atoms with Crippen LogP contribution in [0.4, 0.5) is 11.4 Å². The predicted octanol–water partition coefficient (Wildman–Crippen LogP) is 6.45. The minimum atomic E-state index is -0.880. The zero-order chi connectivity index (χ0) is 33.5. The Bertz CT molecular complexity index is 1690. The summed E-state index contributed by atoms with van der Waals surface area (Å²) in [5.74, 6) is -2.03. The van der Waals surface area contributed by atoms with E-state index < -0.39 is 28.7 Å². The minimum Gasteiger partial charge on any atom is -0.394 e. The number of benzene rings is 3. The Morgan fingerprint density at radius 1 is 1.00 bits per heavy atom. The maximum atomic E-state index is 15.2. The number of carbonyl (C=O) groups is 3. The van der Waals surface area contributed by atoms with Crippen molar-refractivity contribution >= 4 is 67.6 Å². The van der Waals surface area contributed by atoms with Crippen LogP contribution in [0.25, 0.3) is 10.8 Å². The molecule has 3 heterocycles. The molecule has 9 heteroatoms. The molecule has 0 aromatic heterocycles. The number of amides is 3. The van der Waals surface area contributed by atoms with Crippen molar-refractivity contribution in [1.29, 1.82) is 0 Å². The van der Waals surface area contributed by atoms with Gasteiger partial charge in [-0.3, -0.25) is 14.4 Å². The molecule has 7 nitrogen and oxygen atoms in total.